The van der Waals surface area contributed by atoms with Crippen LogP contribution in [0.1, 0.15) is 19.4 Å². The van der Waals surface area contributed by atoms with Gasteiger partial charge in [-0.05, 0) is 17.7 Å². The lowest BCUT2D eigenvalue weighted by Gasteiger charge is -2.37. The van der Waals surface area contributed by atoms with Crippen LogP contribution in [0.3, 0.4) is 0 Å². The summed E-state index contributed by atoms with van der Waals surface area (Å²) in [4.78, 5) is 2.52. The molecule has 0 saturated carbocycles. The summed E-state index contributed by atoms with van der Waals surface area (Å²) in [5.74, 6) is 0. The fourth-order valence-corrected chi connectivity index (χ4v) is 4.47. The average Bonchev–Trinajstić information content (AvgIpc) is 2.27. The number of alkyl halides is 1. The van der Waals surface area contributed by atoms with Crippen molar-refractivity contribution in [2.24, 2.45) is 0 Å². The summed E-state index contributed by atoms with van der Waals surface area (Å²) >= 11 is 9.25. The van der Waals surface area contributed by atoms with Crippen LogP contribution in [0.25, 0.3) is 0 Å². The molecule has 94 valence electrons. The Bertz CT molecular complexity index is 387. The maximum Gasteiger partial charge on any atom is 0.0419 e. The van der Waals surface area contributed by atoms with Crippen molar-refractivity contribution in [3.63, 3.8) is 0 Å². The summed E-state index contributed by atoms with van der Waals surface area (Å²) in [5.41, 5.74) is 2.75. The van der Waals surface area contributed by atoms with Gasteiger partial charge in [-0.25, -0.2) is 0 Å². The van der Waals surface area contributed by atoms with Gasteiger partial charge in [-0.15, -0.1) is 0 Å². The predicted molar refractivity (Wildman–Crippen MR) is 85.5 cm³/mol. The number of rotatable bonds is 2. The predicted octanol–water partition coefficient (Wildman–Crippen LogP) is 4.67. The summed E-state index contributed by atoms with van der Waals surface area (Å²) in [6.07, 6.45) is 0. The Morgan fingerprint density at radius 3 is 2.53 bits per heavy atom. The Morgan fingerprint density at radius 2 is 1.94 bits per heavy atom. The quantitative estimate of drug-likeness (QED) is 0.687. The Hall–Kier alpha value is 0.330. The first-order valence-electron chi connectivity index (χ1n) is 5.85. The van der Waals surface area contributed by atoms with E-state index in [2.05, 4.69) is 80.6 Å². The molecule has 2 unspecified atom stereocenters. The smallest absolute Gasteiger partial charge is 0.0419 e. The highest BCUT2D eigenvalue weighted by atomic mass is 79.9. The number of anilines is 1. The van der Waals surface area contributed by atoms with Crippen molar-refractivity contribution in [2.45, 2.75) is 29.7 Å². The molecule has 0 amide bonds. The first-order valence-corrected chi connectivity index (χ1v) is 8.70. The van der Waals surface area contributed by atoms with Crippen molar-refractivity contribution in [3.8, 4) is 0 Å². The molecule has 0 bridgehead atoms. The summed E-state index contributed by atoms with van der Waals surface area (Å²) in [5, 5.41) is 2.34. The lowest BCUT2D eigenvalue weighted by Crippen LogP contribution is -2.40. The SMILES string of the molecule is CC1CN(c2cc(Br)ccc2CBr)CC(C)S1. The third-order valence-electron chi connectivity index (χ3n) is 2.95. The third-order valence-corrected chi connectivity index (χ3v) is 5.28. The van der Waals surface area contributed by atoms with Crippen LogP contribution in [0.2, 0.25) is 0 Å². The van der Waals surface area contributed by atoms with Gasteiger partial charge in [0.05, 0.1) is 0 Å². The fraction of sp³-hybridized carbons (Fsp3) is 0.538. The van der Waals surface area contributed by atoms with Crippen LogP contribution in [0, 0.1) is 0 Å². The van der Waals surface area contributed by atoms with Gasteiger partial charge in [0.2, 0.25) is 0 Å². The van der Waals surface area contributed by atoms with Crippen molar-refractivity contribution < 1.29 is 0 Å². The van der Waals surface area contributed by atoms with Crippen molar-refractivity contribution in [3.05, 3.63) is 28.2 Å². The van der Waals surface area contributed by atoms with Crippen LogP contribution < -0.4 is 4.90 Å². The summed E-state index contributed by atoms with van der Waals surface area (Å²) in [6.45, 7) is 6.93. The van der Waals surface area contributed by atoms with Gasteiger partial charge in [0.25, 0.3) is 0 Å². The molecule has 2 rings (SSSR count). The van der Waals surface area contributed by atoms with Crippen molar-refractivity contribution in [2.75, 3.05) is 18.0 Å². The summed E-state index contributed by atoms with van der Waals surface area (Å²) in [7, 11) is 0. The van der Waals surface area contributed by atoms with Crippen LogP contribution in [0.4, 0.5) is 5.69 Å². The second-order valence-corrected chi connectivity index (χ2v) is 7.93. The Balaban J connectivity index is 2.28. The number of benzene rings is 1. The van der Waals surface area contributed by atoms with Crippen molar-refractivity contribution in [1.82, 2.24) is 0 Å². The molecule has 1 aliphatic heterocycles. The molecule has 17 heavy (non-hydrogen) atoms. The van der Waals surface area contributed by atoms with E-state index in [1.54, 1.807) is 0 Å². The van der Waals surface area contributed by atoms with E-state index < -0.39 is 0 Å². The maximum absolute atomic E-state index is 3.58. The number of hydrogen-bond donors (Lipinski definition) is 0. The zero-order valence-corrected chi connectivity index (χ0v) is 14.1. The van der Waals surface area contributed by atoms with E-state index in [-0.39, 0.29) is 0 Å². The molecule has 1 aromatic rings. The van der Waals surface area contributed by atoms with Crippen LogP contribution in [-0.2, 0) is 5.33 Å². The molecular formula is C13H17Br2NS. The molecule has 1 aliphatic rings. The van der Waals surface area contributed by atoms with E-state index in [9.17, 15) is 0 Å². The molecule has 0 N–H and O–H groups in total. The minimum atomic E-state index is 0.709. The maximum atomic E-state index is 3.58. The number of thioether (sulfide) groups is 1. The molecule has 1 saturated heterocycles. The number of hydrogen-bond acceptors (Lipinski definition) is 2. The zero-order chi connectivity index (χ0) is 12.4. The first-order chi connectivity index (χ1) is 8.10. The summed E-state index contributed by atoms with van der Waals surface area (Å²) < 4.78 is 1.16. The van der Waals surface area contributed by atoms with Gasteiger partial charge >= 0.3 is 0 Å². The van der Waals surface area contributed by atoms with Gasteiger partial charge < -0.3 is 4.90 Å². The van der Waals surface area contributed by atoms with E-state index in [4.69, 9.17) is 0 Å². The standard InChI is InChI=1S/C13H17Br2NS/c1-9-7-16(8-10(2)17-9)13-5-12(15)4-3-11(13)6-14/h3-5,9-10H,6-8H2,1-2H3. The molecule has 0 aromatic heterocycles. The van der Waals surface area contributed by atoms with Crippen molar-refractivity contribution >= 4 is 49.3 Å². The molecule has 2 atom stereocenters. The third kappa shape index (κ3) is 3.42. The minimum Gasteiger partial charge on any atom is -0.369 e. The largest absolute Gasteiger partial charge is 0.369 e. The van der Waals surface area contributed by atoms with Crippen LogP contribution >= 0.6 is 43.6 Å². The Morgan fingerprint density at radius 1 is 1.29 bits per heavy atom. The molecular weight excluding hydrogens is 362 g/mol. The molecule has 1 nitrogen and oxygen atoms in total. The first kappa shape index (κ1) is 13.8. The fourth-order valence-electron chi connectivity index (χ4n) is 2.32. The molecule has 0 aliphatic carbocycles. The second kappa shape index (κ2) is 5.98. The van der Waals surface area contributed by atoms with Crippen LogP contribution in [0.5, 0.6) is 0 Å². The van der Waals surface area contributed by atoms with E-state index in [0.717, 1.165) is 22.9 Å². The van der Waals surface area contributed by atoms with Crippen LogP contribution in [0.15, 0.2) is 22.7 Å². The molecule has 0 spiro atoms. The molecule has 1 fully saturated rings. The van der Waals surface area contributed by atoms with Gasteiger partial charge in [0.1, 0.15) is 0 Å². The molecule has 4 heteroatoms. The van der Waals surface area contributed by atoms with E-state index >= 15 is 0 Å². The van der Waals surface area contributed by atoms with E-state index in [1.807, 2.05) is 0 Å². The van der Waals surface area contributed by atoms with Gasteiger partial charge in [0.15, 0.2) is 0 Å². The monoisotopic (exact) mass is 377 g/mol. The number of nitrogens with zero attached hydrogens (tertiary/aromatic N) is 1. The highest BCUT2D eigenvalue weighted by Crippen LogP contribution is 2.33. The average molecular weight is 379 g/mol. The van der Waals surface area contributed by atoms with Crippen molar-refractivity contribution in [1.29, 1.82) is 0 Å². The lowest BCUT2D eigenvalue weighted by atomic mass is 10.1. The second-order valence-electron chi connectivity index (χ2n) is 4.57. The molecule has 1 aromatic carbocycles. The Labute approximate surface area is 125 Å². The minimum absolute atomic E-state index is 0.709. The Kier molecular flexibility index (Phi) is 4.84. The topological polar surface area (TPSA) is 3.24 Å². The molecule has 1 heterocycles. The number of halogens is 2. The highest BCUT2D eigenvalue weighted by Gasteiger charge is 2.23. The van der Waals surface area contributed by atoms with E-state index in [0.29, 0.717) is 10.5 Å². The van der Waals surface area contributed by atoms with Gasteiger partial charge in [0, 0.05) is 39.1 Å². The zero-order valence-electron chi connectivity index (χ0n) is 10.1. The van der Waals surface area contributed by atoms with E-state index in [1.165, 1.54) is 11.3 Å². The van der Waals surface area contributed by atoms with Crippen LogP contribution in [-0.4, -0.2) is 23.6 Å². The summed E-state index contributed by atoms with van der Waals surface area (Å²) in [6, 6.07) is 6.56. The van der Waals surface area contributed by atoms with Gasteiger partial charge in [-0.3, -0.25) is 0 Å². The highest BCUT2D eigenvalue weighted by molar-refractivity contribution is 9.10. The van der Waals surface area contributed by atoms with Gasteiger partial charge in [-0.2, -0.15) is 11.8 Å². The normalized spacial score (nSPS) is 25.1. The van der Waals surface area contributed by atoms with Gasteiger partial charge in [-0.1, -0.05) is 51.8 Å². The lowest BCUT2D eigenvalue weighted by molar-refractivity contribution is 0.726. The molecule has 0 radical (unpaired) electrons.